The van der Waals surface area contributed by atoms with Crippen LogP contribution in [0.2, 0.25) is 0 Å². The zero-order valence-electron chi connectivity index (χ0n) is 9.12. The minimum Gasteiger partial charge on any atom is -0.297 e. The Hall–Kier alpha value is -0.370. The molecule has 2 unspecified atom stereocenters. The van der Waals surface area contributed by atoms with E-state index in [-0.39, 0.29) is 5.54 Å². The van der Waals surface area contributed by atoms with Gasteiger partial charge in [0.25, 0.3) is 0 Å². The zero-order chi connectivity index (χ0) is 9.92. The van der Waals surface area contributed by atoms with Gasteiger partial charge in [-0.25, -0.2) is 0 Å². The van der Waals surface area contributed by atoms with Gasteiger partial charge in [-0.3, -0.25) is 9.69 Å². The van der Waals surface area contributed by atoms with Crippen molar-refractivity contribution in [2.24, 2.45) is 17.8 Å². The number of carbonyl (C=O) groups excluding carboxylic acids is 1. The fraction of sp³-hybridized carbons (Fsp3) is 0.917. The van der Waals surface area contributed by atoms with Gasteiger partial charge in [-0.2, -0.15) is 0 Å². The summed E-state index contributed by atoms with van der Waals surface area (Å²) in [5.41, 5.74) is -0.0469. The number of likely N-dealkylation sites (N-methyl/N-ethyl adjacent to an activating group) is 1. The summed E-state index contributed by atoms with van der Waals surface area (Å²) in [6.45, 7) is 0. The molecule has 0 radical (unpaired) electrons. The summed E-state index contributed by atoms with van der Waals surface area (Å²) in [6, 6.07) is 0. The van der Waals surface area contributed by atoms with Crippen molar-refractivity contribution in [3.63, 3.8) is 0 Å². The molecule has 0 saturated heterocycles. The first-order valence-electron chi connectivity index (χ1n) is 5.83. The minimum atomic E-state index is -0.0469. The van der Waals surface area contributed by atoms with Gasteiger partial charge in [-0.15, -0.1) is 0 Å². The number of hydrogen-bond acceptors (Lipinski definition) is 2. The molecule has 2 heteroatoms. The summed E-state index contributed by atoms with van der Waals surface area (Å²) < 4.78 is 0. The molecule has 4 rings (SSSR count). The molecular weight excluding hydrogens is 174 g/mol. The molecule has 14 heavy (non-hydrogen) atoms. The second kappa shape index (κ2) is 2.60. The second-order valence-electron chi connectivity index (χ2n) is 5.83. The summed E-state index contributed by atoms with van der Waals surface area (Å²) in [6.07, 6.45) is 6.09. The minimum absolute atomic E-state index is 0.0469. The second-order valence-corrected chi connectivity index (χ2v) is 5.83. The van der Waals surface area contributed by atoms with Crippen LogP contribution in [-0.4, -0.2) is 30.3 Å². The van der Waals surface area contributed by atoms with Crippen molar-refractivity contribution in [3.05, 3.63) is 0 Å². The van der Waals surface area contributed by atoms with E-state index in [1.54, 1.807) is 0 Å². The molecule has 2 atom stereocenters. The maximum absolute atomic E-state index is 12.3. The highest BCUT2D eigenvalue weighted by Gasteiger charge is 2.57. The highest BCUT2D eigenvalue weighted by atomic mass is 16.1. The fourth-order valence-electron chi connectivity index (χ4n) is 4.32. The molecule has 78 valence electrons. The predicted octanol–water partition coefficient (Wildman–Crippen LogP) is 1.70. The summed E-state index contributed by atoms with van der Waals surface area (Å²) in [5.74, 6) is 2.69. The number of rotatable bonds is 1. The molecule has 0 aromatic carbocycles. The lowest BCUT2D eigenvalue weighted by Crippen LogP contribution is -2.64. The van der Waals surface area contributed by atoms with Gasteiger partial charge in [0.15, 0.2) is 5.78 Å². The van der Waals surface area contributed by atoms with Gasteiger partial charge in [0.05, 0.1) is 5.54 Å². The normalized spacial score (nSPS) is 50.5. The van der Waals surface area contributed by atoms with Crippen molar-refractivity contribution in [3.8, 4) is 0 Å². The third-order valence-corrected chi connectivity index (χ3v) is 4.84. The van der Waals surface area contributed by atoms with Gasteiger partial charge in [-0.05, 0) is 58.0 Å². The van der Waals surface area contributed by atoms with Crippen LogP contribution >= 0.6 is 0 Å². The third-order valence-electron chi connectivity index (χ3n) is 4.84. The summed E-state index contributed by atoms with van der Waals surface area (Å²) >= 11 is 0. The average molecular weight is 193 g/mol. The van der Waals surface area contributed by atoms with E-state index < -0.39 is 0 Å². The number of nitrogens with zero attached hydrogens (tertiary/aromatic N) is 1. The number of Topliss-reactive ketones (excluding diaryl/α,β-unsaturated/α-hetero) is 1. The predicted molar refractivity (Wildman–Crippen MR) is 55.0 cm³/mol. The lowest BCUT2D eigenvalue weighted by atomic mass is 9.52. The highest BCUT2D eigenvalue weighted by Crippen LogP contribution is 2.55. The molecule has 0 aliphatic heterocycles. The topological polar surface area (TPSA) is 20.3 Å². The standard InChI is InChI=1S/C12H19NO/c1-13(2)12-6-8-3-9(7-12)5-10(4-8)11(12)14/h8-10H,3-7H2,1-2H3. The Balaban J connectivity index is 2.01. The Kier molecular flexibility index (Phi) is 1.65. The maximum atomic E-state index is 12.3. The number of carbonyl (C=O) groups is 1. The van der Waals surface area contributed by atoms with Crippen LogP contribution in [0.25, 0.3) is 0 Å². The molecule has 2 nitrogen and oxygen atoms in total. The first-order valence-corrected chi connectivity index (χ1v) is 5.83. The molecule has 0 heterocycles. The van der Waals surface area contributed by atoms with Crippen LogP contribution in [0.3, 0.4) is 0 Å². The van der Waals surface area contributed by atoms with Gasteiger partial charge in [0.2, 0.25) is 0 Å². The molecule has 4 aliphatic carbocycles. The highest BCUT2D eigenvalue weighted by molar-refractivity contribution is 5.92. The van der Waals surface area contributed by atoms with E-state index in [2.05, 4.69) is 19.0 Å². The molecule has 4 bridgehead atoms. The van der Waals surface area contributed by atoms with Gasteiger partial charge in [0, 0.05) is 5.92 Å². The summed E-state index contributed by atoms with van der Waals surface area (Å²) in [4.78, 5) is 14.5. The van der Waals surface area contributed by atoms with E-state index >= 15 is 0 Å². The van der Waals surface area contributed by atoms with Crippen molar-refractivity contribution in [1.29, 1.82) is 0 Å². The average Bonchev–Trinajstić information content (AvgIpc) is 2.12. The van der Waals surface area contributed by atoms with Crippen LogP contribution < -0.4 is 0 Å². The Morgan fingerprint density at radius 1 is 1.14 bits per heavy atom. The third kappa shape index (κ3) is 0.928. The zero-order valence-corrected chi connectivity index (χ0v) is 9.12. The van der Waals surface area contributed by atoms with Crippen molar-refractivity contribution in [2.45, 2.75) is 37.6 Å². The molecule has 0 spiro atoms. The van der Waals surface area contributed by atoms with E-state index in [1.807, 2.05) is 0 Å². The van der Waals surface area contributed by atoms with E-state index in [0.29, 0.717) is 11.7 Å². The Bertz CT molecular complexity index is 270. The molecule has 0 aromatic rings. The van der Waals surface area contributed by atoms with Crippen molar-refractivity contribution < 1.29 is 4.79 Å². The quantitative estimate of drug-likeness (QED) is 0.631. The number of hydrogen-bond donors (Lipinski definition) is 0. The van der Waals surface area contributed by atoms with Crippen molar-refractivity contribution in [2.75, 3.05) is 14.1 Å². The lowest BCUT2D eigenvalue weighted by molar-refractivity contribution is -0.154. The smallest absolute Gasteiger partial charge is 0.156 e. The van der Waals surface area contributed by atoms with Gasteiger partial charge >= 0.3 is 0 Å². The molecule has 4 aliphatic rings. The van der Waals surface area contributed by atoms with Gasteiger partial charge in [0.1, 0.15) is 0 Å². The molecular formula is C12H19NO. The van der Waals surface area contributed by atoms with E-state index in [0.717, 1.165) is 24.7 Å². The van der Waals surface area contributed by atoms with E-state index in [1.165, 1.54) is 19.3 Å². The largest absolute Gasteiger partial charge is 0.297 e. The Labute approximate surface area is 85.7 Å². The van der Waals surface area contributed by atoms with Gasteiger partial charge < -0.3 is 0 Å². The SMILES string of the molecule is CN(C)C12CC3CC(CC(C3)C1=O)C2. The van der Waals surface area contributed by atoms with Gasteiger partial charge in [-0.1, -0.05) is 0 Å². The fourth-order valence-corrected chi connectivity index (χ4v) is 4.32. The molecule has 0 aromatic heterocycles. The monoisotopic (exact) mass is 193 g/mol. The Morgan fingerprint density at radius 2 is 1.71 bits per heavy atom. The van der Waals surface area contributed by atoms with Crippen LogP contribution in [0.15, 0.2) is 0 Å². The summed E-state index contributed by atoms with van der Waals surface area (Å²) in [7, 11) is 4.18. The van der Waals surface area contributed by atoms with Crippen molar-refractivity contribution in [1.82, 2.24) is 4.90 Å². The van der Waals surface area contributed by atoms with Crippen LogP contribution in [0.5, 0.6) is 0 Å². The van der Waals surface area contributed by atoms with Crippen molar-refractivity contribution >= 4 is 5.78 Å². The molecule has 0 amide bonds. The number of ketones is 1. The first-order chi connectivity index (χ1) is 6.62. The summed E-state index contributed by atoms with van der Waals surface area (Å²) in [5, 5.41) is 0. The lowest BCUT2D eigenvalue weighted by Gasteiger charge is -2.57. The van der Waals surface area contributed by atoms with Crippen LogP contribution in [-0.2, 0) is 4.79 Å². The van der Waals surface area contributed by atoms with E-state index in [9.17, 15) is 4.79 Å². The molecule has 4 saturated carbocycles. The van der Waals surface area contributed by atoms with Crippen LogP contribution in [0, 0.1) is 17.8 Å². The Morgan fingerprint density at radius 3 is 2.21 bits per heavy atom. The van der Waals surface area contributed by atoms with Crippen LogP contribution in [0.4, 0.5) is 0 Å². The molecule has 0 N–H and O–H groups in total. The van der Waals surface area contributed by atoms with E-state index in [4.69, 9.17) is 0 Å². The molecule has 4 fully saturated rings. The van der Waals surface area contributed by atoms with Crippen LogP contribution in [0.1, 0.15) is 32.1 Å². The maximum Gasteiger partial charge on any atom is 0.156 e. The first kappa shape index (κ1) is 8.90.